The topological polar surface area (TPSA) is 80.0 Å². The largest absolute Gasteiger partial charge is 0.321 e. The van der Waals surface area contributed by atoms with Gasteiger partial charge in [-0.05, 0) is 46.1 Å². The van der Waals surface area contributed by atoms with E-state index in [9.17, 15) is 4.79 Å². The number of rotatable bonds is 4. The number of nitrogens with one attached hydrogen (secondary N) is 2. The molecule has 0 radical (unpaired) electrons. The number of nitrogens with zero attached hydrogens (tertiary/aromatic N) is 1. The Hall–Kier alpha value is -1.92. The van der Waals surface area contributed by atoms with E-state index in [1.54, 1.807) is 12.1 Å². The number of nitrogen functional groups attached to an aromatic ring is 1. The lowest BCUT2D eigenvalue weighted by Crippen LogP contribution is -2.16. The molecule has 1 aromatic heterocycles. The highest BCUT2D eigenvalue weighted by atomic mass is 79.9. The number of anilines is 2. The fourth-order valence-corrected chi connectivity index (χ4v) is 2.19. The van der Waals surface area contributed by atoms with Crippen LogP contribution >= 0.6 is 15.9 Å². The van der Waals surface area contributed by atoms with Gasteiger partial charge in [-0.25, -0.2) is 10.8 Å². The summed E-state index contributed by atoms with van der Waals surface area (Å²) in [5.74, 6) is 5.88. The van der Waals surface area contributed by atoms with E-state index in [1.165, 1.54) is 0 Å². The van der Waals surface area contributed by atoms with E-state index in [-0.39, 0.29) is 11.8 Å². The number of para-hydroxylation sites is 1. The first-order valence-corrected chi connectivity index (χ1v) is 7.35. The minimum absolute atomic E-state index is 0.202. The van der Waals surface area contributed by atoms with Gasteiger partial charge < -0.3 is 10.7 Å². The van der Waals surface area contributed by atoms with Crippen molar-refractivity contribution >= 4 is 33.3 Å². The number of hydrazine groups is 1. The summed E-state index contributed by atoms with van der Waals surface area (Å²) >= 11 is 3.40. The molecule has 0 aliphatic carbocycles. The Bertz CT molecular complexity index is 658. The molecule has 0 aliphatic heterocycles. The predicted molar refractivity (Wildman–Crippen MR) is 88.2 cm³/mol. The number of carbonyl (C=O) groups is 1. The summed E-state index contributed by atoms with van der Waals surface area (Å²) in [6, 6.07) is 10.8. The van der Waals surface area contributed by atoms with Crippen molar-refractivity contribution in [3.63, 3.8) is 0 Å². The molecule has 0 aliphatic rings. The molecular weight excluding hydrogens is 332 g/mol. The lowest BCUT2D eigenvalue weighted by Gasteiger charge is -2.11. The maximum atomic E-state index is 12.4. The number of pyridine rings is 1. The van der Waals surface area contributed by atoms with Crippen molar-refractivity contribution in [2.45, 2.75) is 19.8 Å². The maximum Gasteiger partial charge on any atom is 0.255 e. The van der Waals surface area contributed by atoms with Crippen LogP contribution in [-0.2, 0) is 0 Å². The normalized spacial score (nSPS) is 10.5. The van der Waals surface area contributed by atoms with Crippen LogP contribution in [0.3, 0.4) is 0 Å². The van der Waals surface area contributed by atoms with Gasteiger partial charge in [0.05, 0.1) is 5.69 Å². The Labute approximate surface area is 132 Å². The smallest absolute Gasteiger partial charge is 0.255 e. The first-order chi connectivity index (χ1) is 10.0. The summed E-state index contributed by atoms with van der Waals surface area (Å²) in [5.41, 5.74) is 4.53. The van der Waals surface area contributed by atoms with E-state index in [0.717, 1.165) is 10.2 Å². The average molecular weight is 349 g/mol. The second-order valence-corrected chi connectivity index (χ2v) is 5.75. The molecule has 2 aromatic rings. The quantitative estimate of drug-likeness (QED) is 0.583. The van der Waals surface area contributed by atoms with Crippen LogP contribution in [0.5, 0.6) is 0 Å². The first kappa shape index (κ1) is 15.5. The molecule has 0 saturated heterocycles. The van der Waals surface area contributed by atoms with E-state index in [4.69, 9.17) is 5.84 Å². The summed E-state index contributed by atoms with van der Waals surface area (Å²) in [7, 11) is 0. The highest BCUT2D eigenvalue weighted by Gasteiger charge is 2.12. The highest BCUT2D eigenvalue weighted by Crippen LogP contribution is 2.23. The van der Waals surface area contributed by atoms with Crippen molar-refractivity contribution in [1.29, 1.82) is 0 Å². The molecule has 4 N–H and O–H groups in total. The van der Waals surface area contributed by atoms with Crippen LogP contribution < -0.4 is 16.6 Å². The van der Waals surface area contributed by atoms with Gasteiger partial charge in [0, 0.05) is 15.7 Å². The van der Waals surface area contributed by atoms with E-state index < -0.39 is 0 Å². The fraction of sp³-hybridized carbons (Fsp3) is 0.200. The second kappa shape index (κ2) is 6.69. The van der Waals surface area contributed by atoms with E-state index in [2.05, 4.69) is 31.7 Å². The zero-order valence-corrected chi connectivity index (χ0v) is 13.4. The molecule has 1 amide bonds. The molecule has 21 heavy (non-hydrogen) atoms. The van der Waals surface area contributed by atoms with E-state index in [1.807, 2.05) is 38.1 Å². The SMILES string of the molecule is CC(C)c1cc(C(=O)Nc2ccccc2Br)cc(NN)n1. The monoisotopic (exact) mass is 348 g/mol. The summed E-state index contributed by atoms with van der Waals surface area (Å²) in [6.07, 6.45) is 0. The van der Waals surface area contributed by atoms with Crippen molar-refractivity contribution in [1.82, 2.24) is 4.98 Å². The minimum atomic E-state index is -0.206. The number of halogens is 1. The van der Waals surface area contributed by atoms with Gasteiger partial charge in [0.1, 0.15) is 5.82 Å². The molecule has 1 aromatic carbocycles. The van der Waals surface area contributed by atoms with Crippen LogP contribution in [0.4, 0.5) is 11.5 Å². The fourth-order valence-electron chi connectivity index (χ4n) is 1.81. The number of carbonyl (C=O) groups excluding carboxylic acids is 1. The third-order valence-electron chi connectivity index (χ3n) is 2.97. The van der Waals surface area contributed by atoms with Crippen molar-refractivity contribution in [2.24, 2.45) is 5.84 Å². The van der Waals surface area contributed by atoms with Gasteiger partial charge >= 0.3 is 0 Å². The molecule has 6 heteroatoms. The second-order valence-electron chi connectivity index (χ2n) is 4.90. The molecule has 0 spiro atoms. The number of hydrogen-bond donors (Lipinski definition) is 3. The van der Waals surface area contributed by atoms with Crippen LogP contribution in [0.15, 0.2) is 40.9 Å². The third kappa shape index (κ3) is 3.80. The Morgan fingerprint density at radius 1 is 1.29 bits per heavy atom. The standard InChI is InChI=1S/C15H17BrN4O/c1-9(2)13-7-10(8-14(18-13)20-17)15(21)19-12-6-4-3-5-11(12)16/h3-9H,17H2,1-2H3,(H,18,20)(H,19,21). The zero-order chi connectivity index (χ0) is 15.4. The number of amides is 1. The Morgan fingerprint density at radius 3 is 2.62 bits per heavy atom. The summed E-state index contributed by atoms with van der Waals surface area (Å²) in [6.45, 7) is 4.02. The van der Waals surface area contributed by atoms with Crippen LogP contribution in [-0.4, -0.2) is 10.9 Å². The summed E-state index contributed by atoms with van der Waals surface area (Å²) in [5, 5.41) is 2.86. The molecule has 0 bridgehead atoms. The minimum Gasteiger partial charge on any atom is -0.321 e. The lowest BCUT2D eigenvalue weighted by atomic mass is 10.1. The van der Waals surface area contributed by atoms with Crippen molar-refractivity contribution in [3.05, 3.63) is 52.1 Å². The molecule has 5 nitrogen and oxygen atoms in total. The average Bonchev–Trinajstić information content (AvgIpc) is 2.49. The summed E-state index contributed by atoms with van der Waals surface area (Å²) < 4.78 is 0.827. The highest BCUT2D eigenvalue weighted by molar-refractivity contribution is 9.10. The molecule has 0 atom stereocenters. The van der Waals surface area contributed by atoms with Gasteiger partial charge in [-0.15, -0.1) is 0 Å². The molecule has 2 rings (SSSR count). The lowest BCUT2D eigenvalue weighted by molar-refractivity contribution is 0.102. The van der Waals surface area contributed by atoms with Gasteiger partial charge in [-0.2, -0.15) is 0 Å². The van der Waals surface area contributed by atoms with Crippen molar-refractivity contribution in [2.75, 3.05) is 10.7 Å². The molecule has 0 fully saturated rings. The molecule has 0 saturated carbocycles. The number of nitrogens with two attached hydrogens (primary N) is 1. The molecular formula is C15H17BrN4O. The van der Waals surface area contributed by atoms with Crippen LogP contribution in [0.2, 0.25) is 0 Å². The van der Waals surface area contributed by atoms with Crippen LogP contribution in [0, 0.1) is 0 Å². The zero-order valence-electron chi connectivity index (χ0n) is 11.9. The van der Waals surface area contributed by atoms with E-state index >= 15 is 0 Å². The van der Waals surface area contributed by atoms with Gasteiger partial charge in [0.25, 0.3) is 5.91 Å². The molecule has 110 valence electrons. The third-order valence-corrected chi connectivity index (χ3v) is 3.66. The van der Waals surface area contributed by atoms with E-state index in [0.29, 0.717) is 17.1 Å². The van der Waals surface area contributed by atoms with Gasteiger partial charge in [-0.1, -0.05) is 26.0 Å². The molecule has 1 heterocycles. The van der Waals surface area contributed by atoms with Crippen LogP contribution in [0.1, 0.15) is 35.8 Å². The maximum absolute atomic E-state index is 12.4. The molecule has 0 unspecified atom stereocenters. The van der Waals surface area contributed by atoms with Crippen LogP contribution in [0.25, 0.3) is 0 Å². The number of hydrogen-bond acceptors (Lipinski definition) is 4. The Morgan fingerprint density at radius 2 is 2.00 bits per heavy atom. The van der Waals surface area contributed by atoms with Gasteiger partial charge in [0.2, 0.25) is 0 Å². The van der Waals surface area contributed by atoms with Gasteiger partial charge in [-0.3, -0.25) is 4.79 Å². The first-order valence-electron chi connectivity index (χ1n) is 6.55. The van der Waals surface area contributed by atoms with Crippen molar-refractivity contribution in [3.8, 4) is 0 Å². The van der Waals surface area contributed by atoms with Gasteiger partial charge in [0.15, 0.2) is 0 Å². The Balaban J connectivity index is 2.30. The number of benzene rings is 1. The summed E-state index contributed by atoms with van der Waals surface area (Å²) in [4.78, 5) is 16.7. The van der Waals surface area contributed by atoms with Crippen molar-refractivity contribution < 1.29 is 4.79 Å². The number of aromatic nitrogens is 1. The predicted octanol–water partition coefficient (Wildman–Crippen LogP) is 3.51. The Kier molecular flexibility index (Phi) is 4.93.